The van der Waals surface area contributed by atoms with Crippen molar-refractivity contribution in [1.29, 1.82) is 0 Å². The van der Waals surface area contributed by atoms with E-state index in [9.17, 15) is 0 Å². The maximum absolute atomic E-state index is 6.35. The number of pyridine rings is 1. The van der Waals surface area contributed by atoms with Crippen LogP contribution >= 0.6 is 0 Å². The fourth-order valence-corrected chi connectivity index (χ4v) is 2.22. The second-order valence-electron chi connectivity index (χ2n) is 4.34. The lowest BCUT2D eigenvalue weighted by Crippen LogP contribution is -2.15. The Morgan fingerprint density at radius 3 is 2.70 bits per heavy atom. The lowest BCUT2D eigenvalue weighted by atomic mass is 10.0. The molecule has 0 saturated carbocycles. The Labute approximate surface area is 116 Å². The molecule has 0 aliphatic heterocycles. The van der Waals surface area contributed by atoms with Crippen LogP contribution in [-0.2, 0) is 0 Å². The lowest BCUT2D eigenvalue weighted by molar-refractivity contribution is 0.404. The number of hydrogen-bond donors (Lipinski definition) is 1. The molecule has 20 heavy (non-hydrogen) atoms. The second-order valence-corrected chi connectivity index (χ2v) is 4.34. The second kappa shape index (κ2) is 5.22. The van der Waals surface area contributed by atoms with Crippen LogP contribution in [0.3, 0.4) is 0 Å². The molecule has 3 aromatic rings. The molecule has 5 nitrogen and oxygen atoms in total. The summed E-state index contributed by atoms with van der Waals surface area (Å²) in [5, 5.41) is 0. The summed E-state index contributed by atoms with van der Waals surface area (Å²) in [5.41, 5.74) is 9.52. The van der Waals surface area contributed by atoms with Gasteiger partial charge in [0, 0.05) is 24.2 Å². The molecule has 0 amide bonds. The van der Waals surface area contributed by atoms with Crippen molar-refractivity contribution in [2.75, 3.05) is 7.11 Å². The van der Waals surface area contributed by atoms with E-state index in [-0.39, 0.29) is 0 Å². The molecule has 1 unspecified atom stereocenters. The first-order valence-electron chi connectivity index (χ1n) is 6.25. The quantitative estimate of drug-likeness (QED) is 0.785. The number of nitrogens with zero attached hydrogens (tertiary/aromatic N) is 3. The van der Waals surface area contributed by atoms with E-state index in [1.165, 1.54) is 0 Å². The first-order valence-corrected chi connectivity index (χ1v) is 6.25. The van der Waals surface area contributed by atoms with Crippen LogP contribution in [0.4, 0.5) is 0 Å². The smallest absolute Gasteiger partial charge is 0.142 e. The van der Waals surface area contributed by atoms with Crippen molar-refractivity contribution in [1.82, 2.24) is 15.0 Å². The van der Waals surface area contributed by atoms with Crippen LogP contribution < -0.4 is 10.5 Å². The molecule has 1 atom stereocenters. The van der Waals surface area contributed by atoms with E-state index >= 15 is 0 Å². The summed E-state index contributed by atoms with van der Waals surface area (Å²) in [6.07, 6.45) is 5.03. The third-order valence-corrected chi connectivity index (χ3v) is 3.18. The number of methoxy groups -OCH3 is 1. The Balaban J connectivity index is 2.15. The van der Waals surface area contributed by atoms with E-state index in [4.69, 9.17) is 10.5 Å². The van der Waals surface area contributed by atoms with Crippen LogP contribution in [-0.4, -0.2) is 22.1 Å². The maximum atomic E-state index is 6.35. The van der Waals surface area contributed by atoms with Crippen LogP contribution in [0.1, 0.15) is 17.3 Å². The summed E-state index contributed by atoms with van der Waals surface area (Å²) >= 11 is 0. The molecule has 2 aromatic heterocycles. The fraction of sp³-hybridized carbons (Fsp3) is 0.133. The molecule has 2 N–H and O–H groups in total. The van der Waals surface area contributed by atoms with Gasteiger partial charge >= 0.3 is 0 Å². The summed E-state index contributed by atoms with van der Waals surface area (Å²) in [7, 11) is 1.61. The zero-order valence-corrected chi connectivity index (χ0v) is 11.0. The largest absolute Gasteiger partial charge is 0.495 e. The molecule has 0 bridgehead atoms. The van der Waals surface area contributed by atoms with Crippen LogP contribution in [0.25, 0.3) is 11.0 Å². The minimum absolute atomic E-state index is 0.411. The molecular formula is C15H14N4O. The number of fused-ring (bicyclic) bond motifs is 1. The number of ether oxygens (including phenoxy) is 1. The van der Waals surface area contributed by atoms with Gasteiger partial charge in [-0.25, -0.2) is 0 Å². The topological polar surface area (TPSA) is 73.9 Å². The predicted molar refractivity (Wildman–Crippen MR) is 76.4 cm³/mol. The number of nitrogens with two attached hydrogens (primary N) is 1. The summed E-state index contributed by atoms with van der Waals surface area (Å²) < 4.78 is 5.32. The van der Waals surface area contributed by atoms with Crippen molar-refractivity contribution in [2.45, 2.75) is 6.04 Å². The van der Waals surface area contributed by atoms with Gasteiger partial charge in [0.2, 0.25) is 0 Å². The van der Waals surface area contributed by atoms with Crippen molar-refractivity contribution >= 4 is 11.0 Å². The van der Waals surface area contributed by atoms with E-state index in [0.29, 0.717) is 11.4 Å². The molecule has 0 fully saturated rings. The van der Waals surface area contributed by atoms with Gasteiger partial charge in [-0.05, 0) is 18.2 Å². The van der Waals surface area contributed by atoms with Gasteiger partial charge in [-0.1, -0.05) is 12.1 Å². The van der Waals surface area contributed by atoms with Gasteiger partial charge in [-0.3, -0.25) is 15.0 Å². The van der Waals surface area contributed by atoms with Gasteiger partial charge in [-0.15, -0.1) is 0 Å². The predicted octanol–water partition coefficient (Wildman–Crippen LogP) is 2.08. The fourth-order valence-electron chi connectivity index (χ4n) is 2.22. The Bertz CT molecular complexity index is 739. The van der Waals surface area contributed by atoms with Gasteiger partial charge in [0.15, 0.2) is 0 Å². The van der Waals surface area contributed by atoms with E-state index in [1.54, 1.807) is 25.7 Å². The zero-order valence-electron chi connectivity index (χ0n) is 11.0. The van der Waals surface area contributed by atoms with Crippen LogP contribution in [0.2, 0.25) is 0 Å². The highest BCUT2D eigenvalue weighted by atomic mass is 16.5. The Kier molecular flexibility index (Phi) is 3.26. The zero-order chi connectivity index (χ0) is 13.9. The normalized spacial score (nSPS) is 12.3. The van der Waals surface area contributed by atoms with Crippen LogP contribution in [0.5, 0.6) is 5.75 Å². The number of aromatic nitrogens is 3. The Morgan fingerprint density at radius 2 is 1.85 bits per heavy atom. The molecule has 0 aliphatic carbocycles. The SMILES string of the molecule is COc1cccnc1C(N)c1cccc2nccnc12. The first kappa shape index (κ1) is 12.5. The van der Waals surface area contributed by atoms with E-state index < -0.39 is 6.04 Å². The van der Waals surface area contributed by atoms with Crippen LogP contribution in [0.15, 0.2) is 48.9 Å². The van der Waals surface area contributed by atoms with E-state index in [0.717, 1.165) is 16.6 Å². The minimum atomic E-state index is -0.411. The first-order chi connectivity index (χ1) is 9.81. The lowest BCUT2D eigenvalue weighted by Gasteiger charge is -2.15. The summed E-state index contributed by atoms with van der Waals surface area (Å²) in [4.78, 5) is 13.0. The highest BCUT2D eigenvalue weighted by Gasteiger charge is 2.18. The number of rotatable bonds is 3. The number of hydrogen-bond acceptors (Lipinski definition) is 5. The van der Waals surface area contributed by atoms with E-state index in [2.05, 4.69) is 15.0 Å². The third-order valence-electron chi connectivity index (χ3n) is 3.18. The standard InChI is InChI=1S/C15H14N4O/c1-20-12-6-3-7-18-15(12)13(16)10-4-2-5-11-14(10)19-9-8-17-11/h2-9,13H,16H2,1H3. The average molecular weight is 266 g/mol. The molecule has 3 rings (SSSR count). The van der Waals surface area contributed by atoms with Gasteiger partial charge in [0.25, 0.3) is 0 Å². The molecule has 1 aromatic carbocycles. The van der Waals surface area contributed by atoms with Crippen LogP contribution in [0, 0.1) is 0 Å². The van der Waals surface area contributed by atoms with Gasteiger partial charge in [0.05, 0.1) is 24.2 Å². The maximum Gasteiger partial charge on any atom is 0.142 e. The highest BCUT2D eigenvalue weighted by Crippen LogP contribution is 2.28. The summed E-state index contributed by atoms with van der Waals surface area (Å²) in [6, 6.07) is 9.02. The van der Waals surface area contributed by atoms with Gasteiger partial charge in [-0.2, -0.15) is 0 Å². The molecule has 0 saturated heterocycles. The van der Waals surface area contributed by atoms with Gasteiger partial charge < -0.3 is 10.5 Å². The monoisotopic (exact) mass is 266 g/mol. The number of benzene rings is 1. The van der Waals surface area contributed by atoms with Gasteiger partial charge in [0.1, 0.15) is 11.4 Å². The Hall–Kier alpha value is -2.53. The van der Waals surface area contributed by atoms with Crippen molar-refractivity contribution < 1.29 is 4.74 Å². The van der Waals surface area contributed by atoms with Crippen molar-refractivity contribution in [3.8, 4) is 5.75 Å². The molecular weight excluding hydrogens is 252 g/mol. The molecule has 2 heterocycles. The molecule has 100 valence electrons. The summed E-state index contributed by atoms with van der Waals surface area (Å²) in [5.74, 6) is 0.667. The third kappa shape index (κ3) is 2.08. The van der Waals surface area contributed by atoms with Crippen molar-refractivity contribution in [3.05, 3.63) is 60.2 Å². The molecule has 0 spiro atoms. The molecule has 5 heteroatoms. The molecule has 0 aliphatic rings. The van der Waals surface area contributed by atoms with Crippen molar-refractivity contribution in [2.24, 2.45) is 5.73 Å². The minimum Gasteiger partial charge on any atom is -0.495 e. The Morgan fingerprint density at radius 1 is 1.00 bits per heavy atom. The summed E-state index contributed by atoms with van der Waals surface area (Å²) in [6.45, 7) is 0. The molecule has 0 radical (unpaired) electrons. The number of para-hydroxylation sites is 1. The van der Waals surface area contributed by atoms with Crippen molar-refractivity contribution in [3.63, 3.8) is 0 Å². The highest BCUT2D eigenvalue weighted by molar-refractivity contribution is 5.78. The average Bonchev–Trinajstić information content (AvgIpc) is 2.53. The van der Waals surface area contributed by atoms with E-state index in [1.807, 2.05) is 30.3 Å².